The highest BCUT2D eigenvalue weighted by Gasteiger charge is 2.41. The van der Waals surface area contributed by atoms with Crippen LogP contribution >= 0.6 is 0 Å². The zero-order valence-corrected chi connectivity index (χ0v) is 20.2. The van der Waals surface area contributed by atoms with Gasteiger partial charge in [0.15, 0.2) is 0 Å². The molecule has 0 spiro atoms. The lowest BCUT2D eigenvalue weighted by Gasteiger charge is -2.27. The van der Waals surface area contributed by atoms with Crippen LogP contribution in [-0.2, 0) is 10.8 Å². The summed E-state index contributed by atoms with van der Waals surface area (Å²) in [5.41, 5.74) is 17.4. The molecule has 0 nitrogen and oxygen atoms in total. The molecule has 0 saturated carbocycles. The van der Waals surface area contributed by atoms with Gasteiger partial charge in [0.1, 0.15) is 0 Å². The van der Waals surface area contributed by atoms with E-state index in [1.807, 2.05) is 0 Å². The minimum atomic E-state index is -0.00677. The molecule has 6 rings (SSSR count). The molecule has 0 radical (unpaired) electrons. The Kier molecular flexibility index (Phi) is 3.93. The molecule has 0 bridgehead atoms. The van der Waals surface area contributed by atoms with Gasteiger partial charge in [-0.3, -0.25) is 0 Å². The van der Waals surface area contributed by atoms with Gasteiger partial charge >= 0.3 is 0 Å². The van der Waals surface area contributed by atoms with Gasteiger partial charge in [0.05, 0.1) is 0 Å². The van der Waals surface area contributed by atoms with Crippen LogP contribution in [0.1, 0.15) is 73.9 Å². The van der Waals surface area contributed by atoms with E-state index in [4.69, 9.17) is 0 Å². The summed E-state index contributed by atoms with van der Waals surface area (Å²) in [7, 11) is 0. The van der Waals surface area contributed by atoms with E-state index < -0.39 is 0 Å². The lowest BCUT2D eigenvalue weighted by Crippen LogP contribution is -2.17. The van der Waals surface area contributed by atoms with Crippen molar-refractivity contribution < 1.29 is 0 Å². The second-order valence-electron chi connectivity index (χ2n) is 11.0. The molecule has 0 aromatic heterocycles. The van der Waals surface area contributed by atoms with Gasteiger partial charge in [0.2, 0.25) is 0 Å². The predicted molar refractivity (Wildman–Crippen MR) is 137 cm³/mol. The number of aryl methyl sites for hydroxylation is 2. The van der Waals surface area contributed by atoms with Crippen molar-refractivity contribution >= 4 is 5.57 Å². The number of fused-ring (bicyclic) bond motifs is 6. The molecule has 3 aliphatic rings. The number of hydrogen-bond donors (Lipinski definition) is 0. The summed E-state index contributed by atoms with van der Waals surface area (Å²) in [6.07, 6.45) is 7.28. The van der Waals surface area contributed by atoms with Gasteiger partial charge in [-0.15, -0.1) is 0 Å². The molecule has 0 heteroatoms. The average Bonchev–Trinajstić information content (AvgIpc) is 3.14. The molecule has 0 aliphatic heterocycles. The van der Waals surface area contributed by atoms with Crippen LogP contribution in [0, 0.1) is 13.8 Å². The molecule has 0 fully saturated rings. The maximum atomic E-state index is 2.52. The average molecular weight is 417 g/mol. The van der Waals surface area contributed by atoms with Crippen LogP contribution in [0.2, 0.25) is 0 Å². The van der Waals surface area contributed by atoms with Crippen LogP contribution in [0.3, 0.4) is 0 Å². The van der Waals surface area contributed by atoms with Gasteiger partial charge in [-0.25, -0.2) is 0 Å². The van der Waals surface area contributed by atoms with Crippen LogP contribution in [0.5, 0.6) is 0 Å². The fraction of sp³-hybridized carbons (Fsp3) is 0.312. The molecule has 3 aromatic carbocycles. The Hall–Kier alpha value is -2.86. The quantitative estimate of drug-likeness (QED) is 0.372. The Bertz CT molecular complexity index is 1370. The summed E-state index contributed by atoms with van der Waals surface area (Å²) in [4.78, 5) is 0. The first-order valence-electron chi connectivity index (χ1n) is 12.0. The first kappa shape index (κ1) is 19.8. The summed E-state index contributed by atoms with van der Waals surface area (Å²) in [6.45, 7) is 14.2. The lowest BCUT2D eigenvalue weighted by atomic mass is 9.76. The van der Waals surface area contributed by atoms with Gasteiger partial charge in [0, 0.05) is 10.8 Å². The van der Waals surface area contributed by atoms with Crippen molar-refractivity contribution in [3.8, 4) is 22.3 Å². The molecule has 0 saturated heterocycles. The van der Waals surface area contributed by atoms with Gasteiger partial charge in [-0.1, -0.05) is 82.3 Å². The third kappa shape index (κ3) is 2.39. The number of benzene rings is 3. The normalized spacial score (nSPS) is 18.9. The molecule has 0 N–H and O–H groups in total. The number of hydrogen-bond acceptors (Lipinski definition) is 0. The summed E-state index contributed by atoms with van der Waals surface area (Å²) in [5, 5.41) is 0. The Balaban J connectivity index is 1.66. The first-order chi connectivity index (χ1) is 15.2. The van der Waals surface area contributed by atoms with E-state index in [9.17, 15) is 0 Å². The Morgan fingerprint density at radius 1 is 0.625 bits per heavy atom. The van der Waals surface area contributed by atoms with Crippen molar-refractivity contribution in [1.82, 2.24) is 0 Å². The van der Waals surface area contributed by atoms with E-state index in [1.54, 1.807) is 0 Å². The summed E-state index contributed by atoms with van der Waals surface area (Å²) in [6, 6.07) is 18.7. The molecule has 0 amide bonds. The van der Waals surface area contributed by atoms with Crippen LogP contribution < -0.4 is 0 Å². The van der Waals surface area contributed by atoms with Gasteiger partial charge in [-0.2, -0.15) is 0 Å². The fourth-order valence-electron chi connectivity index (χ4n) is 6.71. The van der Waals surface area contributed by atoms with Crippen molar-refractivity contribution in [2.75, 3.05) is 0 Å². The monoisotopic (exact) mass is 416 g/mol. The molecule has 3 aromatic rings. The standard InChI is InChI=1S/C32H32/c1-19-15-16-23-21-11-7-10-14-27(21)32(5,6)30(23)29(19)24-18-25-22-12-8-9-13-26(22)31(3,4)28(25)17-20(24)2/h7,10-18H,8-9H2,1-6H3. The highest BCUT2D eigenvalue weighted by Crippen LogP contribution is 2.56. The molecule has 0 unspecified atom stereocenters. The maximum Gasteiger partial charge on any atom is 0.0165 e. The smallest absolute Gasteiger partial charge is 0.0165 e. The highest BCUT2D eigenvalue weighted by atomic mass is 14.4. The van der Waals surface area contributed by atoms with Crippen LogP contribution in [0.25, 0.3) is 27.8 Å². The van der Waals surface area contributed by atoms with Crippen molar-refractivity contribution in [3.05, 3.63) is 99.6 Å². The molecular formula is C32H32. The van der Waals surface area contributed by atoms with E-state index in [0.717, 1.165) is 6.42 Å². The largest absolute Gasteiger partial charge is 0.0795 e. The second-order valence-corrected chi connectivity index (χ2v) is 11.0. The molecule has 160 valence electrons. The molecular weight excluding hydrogens is 384 g/mol. The third-order valence-electron chi connectivity index (χ3n) is 8.35. The van der Waals surface area contributed by atoms with Gasteiger partial charge in [0.25, 0.3) is 0 Å². The zero-order chi connectivity index (χ0) is 22.4. The van der Waals surface area contributed by atoms with Crippen molar-refractivity contribution in [2.24, 2.45) is 0 Å². The lowest BCUT2D eigenvalue weighted by molar-refractivity contribution is 0.653. The highest BCUT2D eigenvalue weighted by molar-refractivity contribution is 5.95. The summed E-state index contributed by atoms with van der Waals surface area (Å²) in [5.74, 6) is 0. The first-order valence-corrected chi connectivity index (χ1v) is 12.0. The summed E-state index contributed by atoms with van der Waals surface area (Å²) >= 11 is 0. The van der Waals surface area contributed by atoms with Crippen molar-refractivity contribution in [3.63, 3.8) is 0 Å². The van der Waals surface area contributed by atoms with E-state index in [0.29, 0.717) is 0 Å². The predicted octanol–water partition coefficient (Wildman–Crippen LogP) is 8.67. The minimum absolute atomic E-state index is 0.00677. The van der Waals surface area contributed by atoms with E-state index in [-0.39, 0.29) is 10.8 Å². The Morgan fingerprint density at radius 3 is 2.19 bits per heavy atom. The minimum Gasteiger partial charge on any atom is -0.0795 e. The number of rotatable bonds is 1. The van der Waals surface area contributed by atoms with Crippen LogP contribution in [0.15, 0.2) is 66.3 Å². The molecule has 3 aliphatic carbocycles. The van der Waals surface area contributed by atoms with Crippen LogP contribution in [0.4, 0.5) is 0 Å². The van der Waals surface area contributed by atoms with E-state index in [1.165, 1.54) is 73.2 Å². The van der Waals surface area contributed by atoms with Crippen molar-refractivity contribution in [1.29, 1.82) is 0 Å². The van der Waals surface area contributed by atoms with Crippen molar-refractivity contribution in [2.45, 2.75) is 65.2 Å². The molecule has 32 heavy (non-hydrogen) atoms. The van der Waals surface area contributed by atoms with Gasteiger partial charge < -0.3 is 0 Å². The Morgan fingerprint density at radius 2 is 1.38 bits per heavy atom. The topological polar surface area (TPSA) is 0 Å². The third-order valence-corrected chi connectivity index (χ3v) is 8.35. The van der Waals surface area contributed by atoms with Crippen LogP contribution in [-0.4, -0.2) is 0 Å². The second kappa shape index (κ2) is 6.35. The fourth-order valence-corrected chi connectivity index (χ4v) is 6.71. The van der Waals surface area contributed by atoms with E-state index >= 15 is 0 Å². The number of allylic oxidation sites excluding steroid dienone is 4. The SMILES string of the molecule is Cc1cc2c(cc1-c1c(C)ccc3c1C(C)(C)c1ccccc1-3)C1=CCCC=C1C2(C)C. The maximum absolute atomic E-state index is 2.52. The van der Waals surface area contributed by atoms with E-state index in [2.05, 4.69) is 102 Å². The molecule has 0 heterocycles. The summed E-state index contributed by atoms with van der Waals surface area (Å²) < 4.78 is 0. The Labute approximate surface area is 192 Å². The van der Waals surface area contributed by atoms with Gasteiger partial charge in [-0.05, 0) is 99.5 Å². The zero-order valence-electron chi connectivity index (χ0n) is 20.2. The molecule has 0 atom stereocenters.